The molecule has 0 aromatic heterocycles. The average Bonchev–Trinajstić information content (AvgIpc) is 2.58. The summed E-state index contributed by atoms with van der Waals surface area (Å²) < 4.78 is 5.42. The number of ether oxygens (including phenoxy) is 1. The van der Waals surface area contributed by atoms with Crippen molar-refractivity contribution in [2.24, 2.45) is 0 Å². The van der Waals surface area contributed by atoms with E-state index in [-0.39, 0.29) is 11.9 Å². The van der Waals surface area contributed by atoms with E-state index in [1.807, 2.05) is 45.0 Å². The molecule has 1 radical (unpaired) electrons. The van der Waals surface area contributed by atoms with Crippen molar-refractivity contribution in [3.05, 3.63) is 41.8 Å². The predicted molar refractivity (Wildman–Crippen MR) is 63.0 cm³/mol. The van der Waals surface area contributed by atoms with E-state index >= 15 is 0 Å². The third-order valence-corrected chi connectivity index (χ3v) is 2.64. The second-order valence-corrected chi connectivity index (χ2v) is 5.15. The van der Waals surface area contributed by atoms with Crippen LogP contribution in [0.3, 0.4) is 0 Å². The number of carbonyl (C=O) groups excluding carboxylic acids is 1. The summed E-state index contributed by atoms with van der Waals surface area (Å²) in [5.74, 6) is -0.232. The van der Waals surface area contributed by atoms with Gasteiger partial charge in [0, 0.05) is 0 Å². The molecule has 0 heterocycles. The summed E-state index contributed by atoms with van der Waals surface area (Å²) in [6.45, 7) is 5.69. The van der Waals surface area contributed by atoms with Gasteiger partial charge in [-0.1, -0.05) is 24.3 Å². The van der Waals surface area contributed by atoms with E-state index in [0.29, 0.717) is 0 Å². The van der Waals surface area contributed by atoms with Gasteiger partial charge in [-0.15, -0.1) is 0 Å². The predicted octanol–water partition coefficient (Wildman–Crippen LogP) is 3.07. The summed E-state index contributed by atoms with van der Waals surface area (Å²) in [5.41, 5.74) is 1.85. The standard InChI is InChI=1S/C14H17O2/c1-14(2,3)16-13(15)12-9-8-10-6-4-5-7-11(10)12/h4-8,12H,9H2,1-3H3. The lowest BCUT2D eigenvalue weighted by Crippen LogP contribution is -2.27. The number of benzene rings is 1. The fraction of sp³-hybridized carbons (Fsp3) is 0.429. The van der Waals surface area contributed by atoms with Crippen LogP contribution in [0, 0.1) is 6.42 Å². The zero-order valence-electron chi connectivity index (χ0n) is 9.99. The van der Waals surface area contributed by atoms with Gasteiger partial charge in [-0.25, -0.2) is 0 Å². The van der Waals surface area contributed by atoms with Gasteiger partial charge in [0.2, 0.25) is 0 Å². The number of carbonyl (C=O) groups is 1. The minimum atomic E-state index is -0.408. The van der Waals surface area contributed by atoms with Crippen molar-refractivity contribution in [1.29, 1.82) is 0 Å². The van der Waals surface area contributed by atoms with E-state index in [1.165, 1.54) is 5.56 Å². The zero-order chi connectivity index (χ0) is 11.8. The molecule has 1 aromatic rings. The van der Waals surface area contributed by atoms with Crippen molar-refractivity contribution in [2.45, 2.75) is 38.7 Å². The summed E-state index contributed by atoms with van der Waals surface area (Å²) in [4.78, 5) is 12.0. The smallest absolute Gasteiger partial charge is 0.313 e. The molecular weight excluding hydrogens is 200 g/mol. The Hall–Kier alpha value is -1.31. The van der Waals surface area contributed by atoms with Crippen LogP contribution < -0.4 is 0 Å². The molecule has 1 aromatic carbocycles. The van der Waals surface area contributed by atoms with Crippen LogP contribution in [-0.2, 0) is 9.53 Å². The molecular formula is C14H17O2. The maximum absolute atomic E-state index is 12.0. The van der Waals surface area contributed by atoms with Crippen molar-refractivity contribution >= 4 is 5.97 Å². The fourth-order valence-corrected chi connectivity index (χ4v) is 1.98. The summed E-state index contributed by atoms with van der Waals surface area (Å²) in [7, 11) is 0. The van der Waals surface area contributed by atoms with Crippen LogP contribution in [0.4, 0.5) is 0 Å². The van der Waals surface area contributed by atoms with Gasteiger partial charge in [0.1, 0.15) is 5.60 Å². The quantitative estimate of drug-likeness (QED) is 0.676. The molecule has 1 atom stereocenters. The SMILES string of the molecule is CC(C)(C)OC(=O)C1C[CH]c2ccccc21. The van der Waals surface area contributed by atoms with E-state index in [1.54, 1.807) is 0 Å². The van der Waals surface area contributed by atoms with Crippen molar-refractivity contribution in [3.8, 4) is 0 Å². The Labute approximate surface area is 96.6 Å². The van der Waals surface area contributed by atoms with Crippen molar-refractivity contribution in [1.82, 2.24) is 0 Å². The van der Waals surface area contributed by atoms with Crippen LogP contribution in [0.25, 0.3) is 0 Å². The molecule has 0 saturated heterocycles. The molecule has 1 aliphatic rings. The van der Waals surface area contributed by atoms with Gasteiger partial charge in [0.05, 0.1) is 5.92 Å². The Bertz CT molecular complexity index is 401. The molecule has 0 saturated carbocycles. The Kier molecular flexibility index (Phi) is 2.75. The molecule has 1 aliphatic carbocycles. The number of hydrogen-bond acceptors (Lipinski definition) is 2. The van der Waals surface area contributed by atoms with E-state index < -0.39 is 5.60 Å². The van der Waals surface area contributed by atoms with E-state index in [4.69, 9.17) is 4.74 Å². The van der Waals surface area contributed by atoms with Gasteiger partial charge in [-0.2, -0.15) is 0 Å². The molecule has 0 spiro atoms. The second-order valence-electron chi connectivity index (χ2n) is 5.15. The molecule has 2 rings (SSSR count). The highest BCUT2D eigenvalue weighted by Gasteiger charge is 2.31. The summed E-state index contributed by atoms with van der Waals surface area (Å²) in [6.07, 6.45) is 2.86. The number of esters is 1. The molecule has 0 fully saturated rings. The lowest BCUT2D eigenvalue weighted by Gasteiger charge is -2.22. The Morgan fingerprint density at radius 3 is 2.69 bits per heavy atom. The minimum absolute atomic E-state index is 0.115. The number of fused-ring (bicyclic) bond motifs is 1. The topological polar surface area (TPSA) is 26.3 Å². The first-order chi connectivity index (χ1) is 7.47. The van der Waals surface area contributed by atoms with Crippen molar-refractivity contribution in [2.75, 3.05) is 0 Å². The number of hydrogen-bond donors (Lipinski definition) is 0. The summed E-state index contributed by atoms with van der Waals surface area (Å²) >= 11 is 0. The lowest BCUT2D eigenvalue weighted by atomic mass is 10.0. The van der Waals surface area contributed by atoms with Crippen LogP contribution in [0.1, 0.15) is 44.2 Å². The van der Waals surface area contributed by atoms with Gasteiger partial charge in [-0.3, -0.25) is 4.79 Å². The highest BCUT2D eigenvalue weighted by atomic mass is 16.6. The fourth-order valence-electron chi connectivity index (χ4n) is 1.98. The minimum Gasteiger partial charge on any atom is -0.459 e. The Morgan fingerprint density at radius 2 is 2.00 bits per heavy atom. The molecule has 0 N–H and O–H groups in total. The van der Waals surface area contributed by atoms with Crippen LogP contribution in [0.5, 0.6) is 0 Å². The van der Waals surface area contributed by atoms with E-state index in [2.05, 4.69) is 6.42 Å². The van der Waals surface area contributed by atoms with Gasteiger partial charge in [0.15, 0.2) is 0 Å². The maximum Gasteiger partial charge on any atom is 0.313 e. The monoisotopic (exact) mass is 217 g/mol. The van der Waals surface area contributed by atoms with Crippen molar-refractivity contribution < 1.29 is 9.53 Å². The second kappa shape index (κ2) is 3.93. The Balaban J connectivity index is 2.16. The summed E-state index contributed by atoms with van der Waals surface area (Å²) in [6, 6.07) is 8.01. The summed E-state index contributed by atoms with van der Waals surface area (Å²) in [5, 5.41) is 0. The third-order valence-electron chi connectivity index (χ3n) is 2.64. The first kappa shape index (κ1) is 11.2. The molecule has 2 nitrogen and oxygen atoms in total. The highest BCUT2D eigenvalue weighted by Crippen LogP contribution is 2.35. The van der Waals surface area contributed by atoms with Crippen LogP contribution in [0.2, 0.25) is 0 Å². The lowest BCUT2D eigenvalue weighted by molar-refractivity contribution is -0.156. The van der Waals surface area contributed by atoms with Crippen LogP contribution in [-0.4, -0.2) is 11.6 Å². The first-order valence-corrected chi connectivity index (χ1v) is 5.62. The Morgan fingerprint density at radius 1 is 1.31 bits per heavy atom. The van der Waals surface area contributed by atoms with Gasteiger partial charge < -0.3 is 4.74 Å². The third kappa shape index (κ3) is 2.26. The van der Waals surface area contributed by atoms with E-state index in [0.717, 1.165) is 12.0 Å². The number of rotatable bonds is 1. The highest BCUT2D eigenvalue weighted by molar-refractivity contribution is 5.81. The molecule has 16 heavy (non-hydrogen) atoms. The molecule has 85 valence electrons. The van der Waals surface area contributed by atoms with Gasteiger partial charge >= 0.3 is 5.97 Å². The molecule has 2 heteroatoms. The van der Waals surface area contributed by atoms with Crippen LogP contribution in [0.15, 0.2) is 24.3 Å². The van der Waals surface area contributed by atoms with Gasteiger partial charge in [-0.05, 0) is 44.7 Å². The molecule has 0 bridgehead atoms. The molecule has 0 amide bonds. The largest absolute Gasteiger partial charge is 0.459 e. The van der Waals surface area contributed by atoms with Gasteiger partial charge in [0.25, 0.3) is 0 Å². The average molecular weight is 217 g/mol. The molecule has 1 unspecified atom stereocenters. The molecule has 0 aliphatic heterocycles. The van der Waals surface area contributed by atoms with Crippen LogP contribution >= 0.6 is 0 Å². The maximum atomic E-state index is 12.0. The first-order valence-electron chi connectivity index (χ1n) is 5.62. The normalized spacial score (nSPS) is 19.3. The van der Waals surface area contributed by atoms with Crippen molar-refractivity contribution in [3.63, 3.8) is 0 Å². The van der Waals surface area contributed by atoms with E-state index in [9.17, 15) is 4.79 Å². The zero-order valence-corrected chi connectivity index (χ0v) is 9.99.